The van der Waals surface area contributed by atoms with E-state index in [9.17, 15) is 4.79 Å². The Bertz CT molecular complexity index is 378. The SMILES string of the molecule is CCCCC/C=C\C/C=C\C=C/C#CCCCC(=O)O. The van der Waals surface area contributed by atoms with Gasteiger partial charge >= 0.3 is 5.97 Å². The van der Waals surface area contributed by atoms with E-state index in [2.05, 4.69) is 37.0 Å². The number of hydrogen-bond donors (Lipinski definition) is 1. The zero-order valence-electron chi connectivity index (χ0n) is 12.5. The third kappa shape index (κ3) is 16.2. The van der Waals surface area contributed by atoms with Crippen LogP contribution in [0.1, 0.15) is 58.3 Å². The van der Waals surface area contributed by atoms with Crippen LogP contribution < -0.4 is 0 Å². The Balaban J connectivity index is 3.52. The largest absolute Gasteiger partial charge is 0.481 e. The highest BCUT2D eigenvalue weighted by molar-refractivity contribution is 5.66. The number of carboxylic acids is 1. The average Bonchev–Trinajstić information content (AvgIpc) is 2.43. The fourth-order valence-electron chi connectivity index (χ4n) is 1.52. The molecule has 0 heterocycles. The summed E-state index contributed by atoms with van der Waals surface area (Å²) < 4.78 is 0. The zero-order chi connectivity index (χ0) is 14.9. The van der Waals surface area contributed by atoms with Crippen LogP contribution in [0, 0.1) is 11.8 Å². The van der Waals surface area contributed by atoms with E-state index in [1.54, 1.807) is 6.08 Å². The molecule has 0 bridgehead atoms. The highest BCUT2D eigenvalue weighted by Gasteiger charge is 1.92. The highest BCUT2D eigenvalue weighted by atomic mass is 16.4. The predicted octanol–water partition coefficient (Wildman–Crippen LogP) is 4.88. The van der Waals surface area contributed by atoms with E-state index in [-0.39, 0.29) is 6.42 Å². The number of carbonyl (C=O) groups is 1. The summed E-state index contributed by atoms with van der Waals surface area (Å²) in [5.41, 5.74) is 0. The molecule has 20 heavy (non-hydrogen) atoms. The monoisotopic (exact) mass is 274 g/mol. The first-order valence-corrected chi connectivity index (χ1v) is 7.44. The molecule has 0 radical (unpaired) electrons. The Morgan fingerprint density at radius 1 is 1.10 bits per heavy atom. The molecule has 0 amide bonds. The van der Waals surface area contributed by atoms with Gasteiger partial charge in [0.05, 0.1) is 0 Å². The standard InChI is InChI=1S/C18H26O2/c1-2-3-4-5-6-7-8-9-10-11-12-13-14-15-16-17-18(19)20/h6-7,9-12H,2-5,8,15-17H2,1H3,(H,19,20)/b7-6-,10-9-,12-11-. The maximum absolute atomic E-state index is 10.3. The number of hydrogen-bond acceptors (Lipinski definition) is 1. The normalized spacial score (nSPS) is 11.2. The molecular formula is C18H26O2. The van der Waals surface area contributed by atoms with Crippen LogP contribution in [-0.4, -0.2) is 11.1 Å². The molecule has 0 aromatic rings. The van der Waals surface area contributed by atoms with Gasteiger partial charge in [-0.2, -0.15) is 0 Å². The Kier molecular flexibility index (Phi) is 14.0. The minimum atomic E-state index is -0.756. The van der Waals surface area contributed by atoms with Crippen LogP contribution in [0.25, 0.3) is 0 Å². The molecule has 0 spiro atoms. The van der Waals surface area contributed by atoms with Gasteiger partial charge in [-0.1, -0.05) is 62.0 Å². The van der Waals surface area contributed by atoms with Crippen LogP contribution in [0.4, 0.5) is 0 Å². The van der Waals surface area contributed by atoms with Crippen molar-refractivity contribution in [2.24, 2.45) is 0 Å². The second-order valence-electron chi connectivity index (χ2n) is 4.56. The third-order valence-corrected chi connectivity index (χ3v) is 2.63. The molecule has 2 nitrogen and oxygen atoms in total. The molecule has 0 aromatic heterocycles. The van der Waals surface area contributed by atoms with Crippen molar-refractivity contribution in [3.05, 3.63) is 36.5 Å². The molecule has 0 fully saturated rings. The summed E-state index contributed by atoms with van der Waals surface area (Å²) in [7, 11) is 0. The Hall–Kier alpha value is -1.75. The number of allylic oxidation sites excluding steroid dienone is 6. The Morgan fingerprint density at radius 2 is 1.95 bits per heavy atom. The Morgan fingerprint density at radius 3 is 2.70 bits per heavy atom. The van der Waals surface area contributed by atoms with Crippen molar-refractivity contribution in [2.75, 3.05) is 0 Å². The number of unbranched alkanes of at least 4 members (excludes halogenated alkanes) is 4. The number of carboxylic acid groups (broad SMARTS) is 1. The molecule has 0 aliphatic carbocycles. The van der Waals surface area contributed by atoms with E-state index in [1.807, 2.05) is 12.2 Å². The van der Waals surface area contributed by atoms with Gasteiger partial charge in [0.15, 0.2) is 0 Å². The van der Waals surface area contributed by atoms with E-state index in [1.165, 1.54) is 25.7 Å². The topological polar surface area (TPSA) is 37.3 Å². The summed E-state index contributed by atoms with van der Waals surface area (Å²) >= 11 is 0. The molecule has 1 N–H and O–H groups in total. The van der Waals surface area contributed by atoms with Crippen LogP contribution in [-0.2, 0) is 4.79 Å². The maximum Gasteiger partial charge on any atom is 0.303 e. The van der Waals surface area contributed by atoms with E-state index in [0.717, 1.165) is 6.42 Å². The second-order valence-corrected chi connectivity index (χ2v) is 4.56. The summed E-state index contributed by atoms with van der Waals surface area (Å²) in [5.74, 6) is 5.06. The van der Waals surface area contributed by atoms with Gasteiger partial charge in [-0.05, 0) is 31.8 Å². The molecule has 0 aliphatic heterocycles. The van der Waals surface area contributed by atoms with Crippen molar-refractivity contribution in [3.63, 3.8) is 0 Å². The van der Waals surface area contributed by atoms with Gasteiger partial charge in [0.25, 0.3) is 0 Å². The van der Waals surface area contributed by atoms with Crippen LogP contribution in [0.5, 0.6) is 0 Å². The van der Waals surface area contributed by atoms with Crippen molar-refractivity contribution in [3.8, 4) is 11.8 Å². The zero-order valence-corrected chi connectivity index (χ0v) is 12.5. The van der Waals surface area contributed by atoms with Gasteiger partial charge < -0.3 is 5.11 Å². The van der Waals surface area contributed by atoms with Crippen LogP contribution in [0.3, 0.4) is 0 Å². The molecule has 0 unspecified atom stereocenters. The molecule has 110 valence electrons. The predicted molar refractivity (Wildman–Crippen MR) is 85.4 cm³/mol. The number of aliphatic carboxylic acids is 1. The molecule has 0 saturated heterocycles. The first kappa shape index (κ1) is 18.2. The van der Waals surface area contributed by atoms with E-state index >= 15 is 0 Å². The lowest BCUT2D eigenvalue weighted by Crippen LogP contribution is -1.92. The molecule has 0 aromatic carbocycles. The van der Waals surface area contributed by atoms with Crippen molar-refractivity contribution in [1.29, 1.82) is 0 Å². The fourth-order valence-corrected chi connectivity index (χ4v) is 1.52. The summed E-state index contributed by atoms with van der Waals surface area (Å²) in [4.78, 5) is 10.3. The van der Waals surface area contributed by atoms with Gasteiger partial charge in [0.2, 0.25) is 0 Å². The minimum absolute atomic E-state index is 0.197. The molecule has 0 atom stereocenters. The minimum Gasteiger partial charge on any atom is -0.481 e. The fraction of sp³-hybridized carbons (Fsp3) is 0.500. The van der Waals surface area contributed by atoms with Crippen molar-refractivity contribution in [2.45, 2.75) is 58.3 Å². The lowest BCUT2D eigenvalue weighted by Gasteiger charge is -1.90. The molecule has 2 heteroatoms. The van der Waals surface area contributed by atoms with Gasteiger partial charge in [-0.15, -0.1) is 0 Å². The molecular weight excluding hydrogens is 248 g/mol. The summed E-state index contributed by atoms with van der Waals surface area (Å²) in [6.45, 7) is 2.22. The van der Waals surface area contributed by atoms with Gasteiger partial charge in [0, 0.05) is 12.8 Å². The van der Waals surface area contributed by atoms with Crippen molar-refractivity contribution in [1.82, 2.24) is 0 Å². The van der Waals surface area contributed by atoms with Crippen molar-refractivity contribution < 1.29 is 9.90 Å². The summed E-state index contributed by atoms with van der Waals surface area (Å²) in [6, 6.07) is 0. The molecule has 0 saturated carbocycles. The average molecular weight is 274 g/mol. The van der Waals surface area contributed by atoms with Crippen LogP contribution in [0.2, 0.25) is 0 Å². The van der Waals surface area contributed by atoms with Gasteiger partial charge in [0.1, 0.15) is 0 Å². The lowest BCUT2D eigenvalue weighted by atomic mass is 10.2. The van der Waals surface area contributed by atoms with Crippen LogP contribution in [0.15, 0.2) is 36.5 Å². The van der Waals surface area contributed by atoms with Gasteiger partial charge in [-0.3, -0.25) is 4.79 Å². The van der Waals surface area contributed by atoms with Crippen LogP contribution >= 0.6 is 0 Å². The van der Waals surface area contributed by atoms with E-state index in [0.29, 0.717) is 12.8 Å². The maximum atomic E-state index is 10.3. The first-order chi connectivity index (χ1) is 9.77. The molecule has 0 aliphatic rings. The first-order valence-electron chi connectivity index (χ1n) is 7.44. The summed E-state index contributed by atoms with van der Waals surface area (Å²) in [6.07, 6.45) is 19.7. The second kappa shape index (κ2) is 15.3. The lowest BCUT2D eigenvalue weighted by molar-refractivity contribution is -0.137. The summed E-state index contributed by atoms with van der Waals surface area (Å²) in [5, 5.41) is 8.44. The van der Waals surface area contributed by atoms with Gasteiger partial charge in [-0.25, -0.2) is 0 Å². The smallest absolute Gasteiger partial charge is 0.303 e. The van der Waals surface area contributed by atoms with E-state index < -0.39 is 5.97 Å². The third-order valence-electron chi connectivity index (χ3n) is 2.63. The number of rotatable bonds is 10. The quantitative estimate of drug-likeness (QED) is 0.267. The van der Waals surface area contributed by atoms with Crippen molar-refractivity contribution >= 4 is 5.97 Å². The Labute approximate surface area is 123 Å². The van der Waals surface area contributed by atoms with E-state index in [4.69, 9.17) is 5.11 Å². The highest BCUT2D eigenvalue weighted by Crippen LogP contribution is 2.00. The molecule has 0 rings (SSSR count).